The molecule has 0 aromatic heterocycles. The van der Waals surface area contributed by atoms with Gasteiger partial charge in [0.05, 0.1) is 41.0 Å². The predicted octanol–water partition coefficient (Wildman–Crippen LogP) is 3.21. The van der Waals surface area contributed by atoms with Gasteiger partial charge in [-0.3, -0.25) is 29.4 Å². The molecule has 2 fully saturated rings. The highest BCUT2D eigenvalue weighted by Crippen LogP contribution is 2.39. The second-order valence-electron chi connectivity index (χ2n) is 8.01. The zero-order valence-corrected chi connectivity index (χ0v) is 20.7. The number of benzene rings is 2. The molecule has 2 N–H and O–H groups in total. The first-order valence-electron chi connectivity index (χ1n) is 11.4. The van der Waals surface area contributed by atoms with Crippen molar-refractivity contribution in [2.45, 2.75) is 6.92 Å². The van der Waals surface area contributed by atoms with Gasteiger partial charge in [-0.1, -0.05) is 12.1 Å². The van der Waals surface area contributed by atoms with Gasteiger partial charge in [0, 0.05) is 19.2 Å². The number of para-hydroxylation sites is 2. The lowest BCUT2D eigenvalue weighted by atomic mass is 10.1. The number of phenolic OH excluding ortho intramolecular Hbond substituents is 1. The second-order valence-corrected chi connectivity index (χ2v) is 9.00. The van der Waals surface area contributed by atoms with Crippen LogP contribution in [0.5, 0.6) is 11.5 Å². The number of rotatable bonds is 8. The van der Waals surface area contributed by atoms with E-state index < -0.39 is 40.0 Å². The number of nitro benzene ring substituents is 1. The van der Waals surface area contributed by atoms with E-state index in [2.05, 4.69) is 10.2 Å². The van der Waals surface area contributed by atoms with E-state index >= 15 is 0 Å². The van der Waals surface area contributed by atoms with E-state index in [0.717, 1.165) is 16.7 Å². The Balaban J connectivity index is 1.50. The summed E-state index contributed by atoms with van der Waals surface area (Å²) in [5.41, 5.74) is 0.945. The lowest BCUT2D eigenvalue weighted by molar-refractivity contribution is -0.386. The molecule has 0 aliphatic carbocycles. The summed E-state index contributed by atoms with van der Waals surface area (Å²) in [4.78, 5) is 51.6. The van der Waals surface area contributed by atoms with Crippen LogP contribution in [0.4, 0.5) is 21.9 Å². The van der Waals surface area contributed by atoms with Crippen molar-refractivity contribution < 1.29 is 33.9 Å². The van der Waals surface area contributed by atoms with E-state index in [9.17, 15) is 29.6 Å². The molecule has 0 spiro atoms. The Morgan fingerprint density at radius 3 is 2.70 bits per heavy atom. The number of hydrogen-bond donors (Lipinski definition) is 2. The number of thioether (sulfide) groups is 1. The van der Waals surface area contributed by atoms with Crippen molar-refractivity contribution in [3.05, 3.63) is 57.0 Å². The molecule has 0 atom stereocenters. The van der Waals surface area contributed by atoms with E-state index in [-0.39, 0.29) is 22.8 Å². The Morgan fingerprint density at radius 1 is 1.27 bits per heavy atom. The number of imide groups is 1. The number of morpholine rings is 1. The molecule has 4 rings (SSSR count). The lowest BCUT2D eigenvalue weighted by Gasteiger charge is -2.30. The number of nitrogens with zero attached hydrogens (tertiary/aromatic N) is 3. The van der Waals surface area contributed by atoms with Crippen molar-refractivity contribution in [3.63, 3.8) is 0 Å². The van der Waals surface area contributed by atoms with Crippen LogP contribution in [0.2, 0.25) is 0 Å². The van der Waals surface area contributed by atoms with Crippen molar-refractivity contribution in [2.24, 2.45) is 0 Å². The number of aromatic hydroxyl groups is 1. The Bertz CT molecular complexity index is 1280. The molecule has 13 heteroatoms. The SMILES string of the molecule is CCOc1cc(/C=C2\SC(=O)N(CC(=O)Nc3ccccc3N3CCOCC3)C2=O)cc([N+](=O)[O-])c1O. The van der Waals surface area contributed by atoms with Crippen LogP contribution in [0.15, 0.2) is 41.3 Å². The largest absolute Gasteiger partial charge is 0.500 e. The van der Waals surface area contributed by atoms with Crippen molar-refractivity contribution >= 4 is 52.0 Å². The molecular formula is C24H24N4O8S. The minimum atomic E-state index is -0.778. The third-order valence-electron chi connectivity index (χ3n) is 5.58. The van der Waals surface area contributed by atoms with Crippen molar-refractivity contribution in [3.8, 4) is 11.5 Å². The van der Waals surface area contributed by atoms with Gasteiger partial charge < -0.3 is 24.8 Å². The quantitative estimate of drug-likeness (QED) is 0.297. The number of amides is 3. The molecule has 2 saturated heterocycles. The average Bonchev–Trinajstić information content (AvgIpc) is 3.13. The van der Waals surface area contributed by atoms with Gasteiger partial charge in [0.25, 0.3) is 11.1 Å². The van der Waals surface area contributed by atoms with E-state index in [1.54, 1.807) is 19.1 Å². The number of ether oxygens (including phenoxy) is 2. The summed E-state index contributed by atoms with van der Waals surface area (Å²) in [7, 11) is 0. The molecule has 12 nitrogen and oxygen atoms in total. The van der Waals surface area contributed by atoms with Crippen LogP contribution < -0.4 is 15.0 Å². The lowest BCUT2D eigenvalue weighted by Crippen LogP contribution is -2.38. The first kappa shape index (κ1) is 26.0. The molecule has 3 amide bonds. The van der Waals surface area contributed by atoms with Crippen LogP contribution in [0.1, 0.15) is 12.5 Å². The summed E-state index contributed by atoms with van der Waals surface area (Å²) in [6.45, 7) is 3.77. The molecule has 2 heterocycles. The van der Waals surface area contributed by atoms with Crippen LogP contribution in [0.3, 0.4) is 0 Å². The van der Waals surface area contributed by atoms with Gasteiger partial charge in [-0.25, -0.2) is 0 Å². The Hall–Kier alpha value is -4.10. The minimum Gasteiger partial charge on any atom is -0.500 e. The van der Waals surface area contributed by atoms with Crippen LogP contribution in [0.25, 0.3) is 6.08 Å². The average molecular weight is 529 g/mol. The molecule has 194 valence electrons. The highest BCUT2D eigenvalue weighted by Gasteiger charge is 2.36. The maximum atomic E-state index is 12.9. The third kappa shape index (κ3) is 5.84. The van der Waals surface area contributed by atoms with Gasteiger partial charge in [-0.2, -0.15) is 0 Å². The van der Waals surface area contributed by atoms with Gasteiger partial charge in [0.2, 0.25) is 11.7 Å². The fourth-order valence-electron chi connectivity index (χ4n) is 3.88. The Kier molecular flexibility index (Phi) is 7.94. The maximum Gasteiger partial charge on any atom is 0.315 e. The second kappa shape index (κ2) is 11.3. The minimum absolute atomic E-state index is 0.0195. The zero-order chi connectivity index (χ0) is 26.5. The van der Waals surface area contributed by atoms with E-state index in [1.165, 1.54) is 12.1 Å². The molecule has 2 aliphatic rings. The number of carbonyl (C=O) groups excluding carboxylic acids is 3. The summed E-state index contributed by atoms with van der Waals surface area (Å²) in [5.74, 6) is -2.02. The summed E-state index contributed by atoms with van der Waals surface area (Å²) in [5, 5.41) is 23.5. The standard InChI is InChI=1S/C24H24N4O8S/c1-2-36-19-12-15(11-18(22(19)30)28(33)34)13-20-23(31)27(24(32)37-20)14-21(29)25-16-5-3-4-6-17(16)26-7-9-35-10-8-26/h3-6,11-13,30H,2,7-10,14H2,1H3,(H,25,29)/b20-13-. The van der Waals surface area contributed by atoms with Crippen LogP contribution >= 0.6 is 11.8 Å². The predicted molar refractivity (Wildman–Crippen MR) is 137 cm³/mol. The normalized spacial score (nSPS) is 16.8. The summed E-state index contributed by atoms with van der Waals surface area (Å²) < 4.78 is 10.6. The van der Waals surface area contributed by atoms with Crippen LogP contribution in [-0.4, -0.2) is 71.4 Å². The molecule has 2 aliphatic heterocycles. The van der Waals surface area contributed by atoms with Crippen LogP contribution in [-0.2, 0) is 14.3 Å². The fourth-order valence-corrected chi connectivity index (χ4v) is 4.72. The number of nitrogens with one attached hydrogen (secondary N) is 1. The van der Waals surface area contributed by atoms with E-state index in [4.69, 9.17) is 9.47 Å². The smallest absolute Gasteiger partial charge is 0.315 e. The summed E-state index contributed by atoms with van der Waals surface area (Å²) >= 11 is 0.612. The molecular weight excluding hydrogens is 504 g/mol. The number of phenols is 1. The van der Waals surface area contributed by atoms with Crippen molar-refractivity contribution in [2.75, 3.05) is 49.7 Å². The fraction of sp³-hybridized carbons (Fsp3) is 0.292. The number of anilines is 2. The van der Waals surface area contributed by atoms with E-state index in [1.807, 2.05) is 12.1 Å². The summed E-state index contributed by atoms with van der Waals surface area (Å²) in [6.07, 6.45) is 1.28. The van der Waals surface area contributed by atoms with Gasteiger partial charge in [-0.05, 0) is 48.5 Å². The van der Waals surface area contributed by atoms with Crippen LogP contribution in [0, 0.1) is 10.1 Å². The maximum absolute atomic E-state index is 12.9. The Labute approximate surface area is 216 Å². The third-order valence-corrected chi connectivity index (χ3v) is 6.48. The summed E-state index contributed by atoms with van der Waals surface area (Å²) in [6, 6.07) is 9.64. The molecule has 2 aromatic rings. The molecule has 0 saturated carbocycles. The highest BCUT2D eigenvalue weighted by molar-refractivity contribution is 8.18. The first-order valence-corrected chi connectivity index (χ1v) is 12.2. The van der Waals surface area contributed by atoms with Gasteiger partial charge in [0.15, 0.2) is 5.75 Å². The van der Waals surface area contributed by atoms with Gasteiger partial charge in [-0.15, -0.1) is 0 Å². The molecule has 37 heavy (non-hydrogen) atoms. The number of carbonyl (C=O) groups is 3. The number of nitro groups is 1. The molecule has 2 aromatic carbocycles. The van der Waals surface area contributed by atoms with Crippen molar-refractivity contribution in [1.82, 2.24) is 4.90 Å². The molecule has 0 unspecified atom stereocenters. The van der Waals surface area contributed by atoms with Crippen molar-refractivity contribution in [1.29, 1.82) is 0 Å². The Morgan fingerprint density at radius 2 is 2.00 bits per heavy atom. The molecule has 0 bridgehead atoms. The topological polar surface area (TPSA) is 152 Å². The van der Waals surface area contributed by atoms with Gasteiger partial charge >= 0.3 is 5.69 Å². The highest BCUT2D eigenvalue weighted by atomic mass is 32.2. The van der Waals surface area contributed by atoms with E-state index in [0.29, 0.717) is 43.8 Å². The number of hydrogen-bond acceptors (Lipinski definition) is 10. The first-order chi connectivity index (χ1) is 17.8. The van der Waals surface area contributed by atoms with Gasteiger partial charge in [0.1, 0.15) is 6.54 Å². The monoisotopic (exact) mass is 528 g/mol. The zero-order valence-electron chi connectivity index (χ0n) is 19.8. The molecule has 0 radical (unpaired) electrons.